The number of unbranched alkanes of at least 4 members (excludes halogenated alkanes) is 10. The summed E-state index contributed by atoms with van der Waals surface area (Å²) in [7, 11) is 0. The van der Waals surface area contributed by atoms with Gasteiger partial charge in [-0.15, -0.1) is 0 Å². The van der Waals surface area contributed by atoms with E-state index in [9.17, 15) is 4.79 Å². The molecule has 0 spiro atoms. The van der Waals surface area contributed by atoms with Gasteiger partial charge in [0.25, 0.3) is 0 Å². The van der Waals surface area contributed by atoms with Gasteiger partial charge in [-0.2, -0.15) is 0 Å². The number of carbonyl (C=O) groups excluding carboxylic acids is 1. The Morgan fingerprint density at radius 2 is 0.841 bits per heavy atom. The number of carbonyl (C=O) groups is 1. The number of rotatable bonds is 30. The average Bonchev–Trinajstić information content (AvgIpc) is 1.32. The highest BCUT2D eigenvalue weighted by Gasteiger charge is 2.61. The van der Waals surface area contributed by atoms with Crippen LogP contribution in [0.3, 0.4) is 0 Å². The van der Waals surface area contributed by atoms with Crippen LogP contribution in [0.25, 0.3) is 0 Å². The van der Waals surface area contributed by atoms with Crippen molar-refractivity contribution in [2.45, 2.75) is 326 Å². The van der Waals surface area contributed by atoms with Gasteiger partial charge in [0.05, 0.1) is 0 Å². The van der Waals surface area contributed by atoms with Crippen molar-refractivity contribution in [3.63, 3.8) is 0 Å². The first kappa shape index (κ1) is 68.1. The monoisotopic (exact) mass is 1200 g/mol. The van der Waals surface area contributed by atoms with E-state index >= 15 is 0 Å². The molecule has 18 atom stereocenters. The molecule has 8 aliphatic rings. The molecule has 88 heavy (non-hydrogen) atoms. The van der Waals surface area contributed by atoms with E-state index in [0.717, 1.165) is 95.4 Å². The third kappa shape index (κ3) is 14.8. The Morgan fingerprint density at radius 1 is 0.443 bits per heavy atom. The zero-order chi connectivity index (χ0) is 62.2. The van der Waals surface area contributed by atoms with Crippen LogP contribution in [0.5, 0.6) is 11.5 Å². The summed E-state index contributed by atoms with van der Waals surface area (Å²) in [5.74, 6) is 13.5. The van der Waals surface area contributed by atoms with Gasteiger partial charge in [-0.25, -0.2) is 4.79 Å². The fourth-order valence-electron chi connectivity index (χ4n) is 23.7. The molecular formula is C85H134O3. The van der Waals surface area contributed by atoms with Gasteiger partial charge < -0.3 is 9.47 Å². The molecule has 0 heterocycles. The second-order valence-electron chi connectivity index (χ2n) is 34.4. The van der Waals surface area contributed by atoms with Crippen molar-refractivity contribution in [1.82, 2.24) is 0 Å². The maximum Gasteiger partial charge on any atom is 0.519 e. The molecule has 3 heteroatoms. The fraction of sp³-hybridized carbons (Fsp3) is 0.800. The van der Waals surface area contributed by atoms with Crippen molar-refractivity contribution >= 4 is 6.16 Å². The first-order chi connectivity index (χ1) is 42.4. The molecule has 0 saturated heterocycles. The van der Waals surface area contributed by atoms with E-state index in [1.165, 1.54) is 229 Å². The van der Waals surface area contributed by atoms with Crippen LogP contribution in [-0.4, -0.2) is 6.16 Å². The molecular weight excluding hydrogens is 1070 g/mol. The van der Waals surface area contributed by atoms with E-state index in [1.807, 2.05) is 0 Å². The SMILES string of the molecule is CCCCCCCCC(c1ccccc1OC(=O)Oc1ccccc1C(CCCCCCCC)[C@H]1CC[C@@]2(C)C(=CC[C@H]3[C@@H]4CC[C@H]([C@H](C)CCCC(C)C)[C@@]4(C)CC[C@@H]32)C1)[C@H]1CC[C@@]2(C)C(=CC[C@H]3[C@@H]4CC[C@H]([C@H](C)CCCC(C)C)[C@@]4(C)CC[C@@H]32)C1. The van der Waals surface area contributed by atoms with Crippen LogP contribution in [-0.2, 0) is 0 Å². The minimum Gasteiger partial charge on any atom is -0.394 e. The highest BCUT2D eigenvalue weighted by molar-refractivity contribution is 5.68. The van der Waals surface area contributed by atoms with Gasteiger partial charge in [-0.3, -0.25) is 0 Å². The number of allylic oxidation sites excluding steroid dienone is 4. The average molecular weight is 1200 g/mol. The van der Waals surface area contributed by atoms with E-state index in [1.54, 1.807) is 11.1 Å². The number of ether oxygens (including phenoxy) is 2. The standard InChI is InChI=1S/C85H134O3/c1-13-15-17-19-21-23-35-67(63-49-53-82(9)65(57-63)41-43-71-75-47-45-73(61(7)33-29-31-59(3)4)84(75,11)55-51-77(71)82)69-37-25-27-39-79(69)87-81(86)88-80-40-28-26-38-70(80)68(36-24-22-20-18-16-14-2)64-50-54-83(10)66(58-64)42-44-72-76-48-46-74(62(8)34-30-32-60(5)6)85(76,12)56-52-78(72)83/h25-28,37-42,59-64,67-68,71-78H,13-24,29-36,43-58H2,1-12H3/t61-,62-,63+,64+,67?,68?,71+,72+,73-,74-,75+,76+,77+,78+,82+,83+,84-,85-/m1/s1. The molecule has 0 radical (unpaired) electrons. The van der Waals surface area contributed by atoms with E-state index < -0.39 is 6.16 Å². The van der Waals surface area contributed by atoms with Crippen LogP contribution >= 0.6 is 0 Å². The van der Waals surface area contributed by atoms with E-state index in [-0.39, 0.29) is 0 Å². The Morgan fingerprint density at radius 3 is 1.25 bits per heavy atom. The van der Waals surface area contributed by atoms with Crippen LogP contribution in [0, 0.1) is 105 Å². The van der Waals surface area contributed by atoms with Crippen LogP contribution in [0.1, 0.15) is 337 Å². The minimum absolute atomic E-state index is 0.309. The maximum absolute atomic E-state index is 14.7. The molecule has 0 aliphatic heterocycles. The van der Waals surface area contributed by atoms with Crippen molar-refractivity contribution < 1.29 is 14.3 Å². The second kappa shape index (κ2) is 30.5. The molecule has 8 aliphatic carbocycles. The van der Waals surface area contributed by atoms with Crippen LogP contribution < -0.4 is 9.47 Å². The van der Waals surface area contributed by atoms with Gasteiger partial charge in [-0.1, -0.05) is 258 Å². The number of para-hydroxylation sites is 2. The number of fused-ring (bicyclic) bond motifs is 10. The Labute approximate surface area is 542 Å². The zero-order valence-corrected chi connectivity index (χ0v) is 59.2. The fourth-order valence-corrected chi connectivity index (χ4v) is 23.7. The Balaban J connectivity index is 0.840. The van der Waals surface area contributed by atoms with Gasteiger partial charge >= 0.3 is 6.16 Å². The van der Waals surface area contributed by atoms with Gasteiger partial charge in [0.15, 0.2) is 0 Å². The van der Waals surface area contributed by atoms with E-state index in [4.69, 9.17) is 9.47 Å². The highest BCUT2D eigenvalue weighted by atomic mass is 16.7. The quantitative estimate of drug-likeness (QED) is 0.0338. The largest absolute Gasteiger partial charge is 0.519 e. The van der Waals surface area contributed by atoms with Crippen molar-refractivity contribution in [3.8, 4) is 11.5 Å². The summed E-state index contributed by atoms with van der Waals surface area (Å²) in [6.45, 7) is 30.5. The lowest BCUT2D eigenvalue weighted by Crippen LogP contribution is -2.50. The summed E-state index contributed by atoms with van der Waals surface area (Å²) < 4.78 is 13.3. The summed E-state index contributed by atoms with van der Waals surface area (Å²) in [4.78, 5) is 14.7. The first-order valence-electron chi connectivity index (χ1n) is 38.9. The third-order valence-corrected chi connectivity index (χ3v) is 28.6. The summed E-state index contributed by atoms with van der Waals surface area (Å²) in [6, 6.07) is 17.4. The lowest BCUT2D eigenvalue weighted by molar-refractivity contribution is -0.0535. The van der Waals surface area contributed by atoms with E-state index in [0.29, 0.717) is 45.3 Å². The number of benzene rings is 2. The first-order valence-corrected chi connectivity index (χ1v) is 38.9. The molecule has 10 rings (SSSR count). The van der Waals surface area contributed by atoms with Crippen molar-refractivity contribution in [2.24, 2.45) is 105 Å². The minimum atomic E-state index is -0.571. The molecule has 3 nitrogen and oxygen atoms in total. The highest BCUT2D eigenvalue weighted by Crippen LogP contribution is 2.70. The predicted octanol–water partition coefficient (Wildman–Crippen LogP) is 26.2. The molecule has 2 aromatic carbocycles. The topological polar surface area (TPSA) is 35.5 Å². The number of hydrogen-bond acceptors (Lipinski definition) is 3. The van der Waals surface area contributed by atoms with Crippen molar-refractivity contribution in [1.29, 1.82) is 0 Å². The summed E-state index contributed by atoms with van der Waals surface area (Å²) in [6.07, 6.45) is 53.0. The van der Waals surface area contributed by atoms with E-state index in [2.05, 4.69) is 144 Å². The Bertz CT molecular complexity index is 2410. The summed E-state index contributed by atoms with van der Waals surface area (Å²) >= 11 is 0. The summed E-state index contributed by atoms with van der Waals surface area (Å²) in [5.41, 5.74) is 7.67. The molecule has 6 saturated carbocycles. The van der Waals surface area contributed by atoms with Crippen molar-refractivity contribution in [3.05, 3.63) is 83.0 Å². The molecule has 492 valence electrons. The lowest BCUT2D eigenvalue weighted by atomic mass is 9.46. The smallest absolute Gasteiger partial charge is 0.394 e. The molecule has 0 amide bonds. The Kier molecular flexibility index (Phi) is 23.6. The molecule has 2 unspecified atom stereocenters. The molecule has 2 aromatic rings. The zero-order valence-electron chi connectivity index (χ0n) is 59.2. The van der Waals surface area contributed by atoms with Gasteiger partial charge in [0.1, 0.15) is 11.5 Å². The molecule has 0 N–H and O–H groups in total. The van der Waals surface area contributed by atoms with Gasteiger partial charge in [0, 0.05) is 0 Å². The predicted molar refractivity (Wildman–Crippen MR) is 374 cm³/mol. The van der Waals surface area contributed by atoms with Crippen LogP contribution in [0.15, 0.2) is 71.8 Å². The molecule has 6 fully saturated rings. The van der Waals surface area contributed by atoms with Crippen LogP contribution in [0.4, 0.5) is 4.79 Å². The van der Waals surface area contributed by atoms with Crippen molar-refractivity contribution in [2.75, 3.05) is 0 Å². The second-order valence-corrected chi connectivity index (χ2v) is 34.4. The van der Waals surface area contributed by atoms with Crippen LogP contribution in [0.2, 0.25) is 0 Å². The lowest BCUT2D eigenvalue weighted by Gasteiger charge is -2.59. The normalized spacial score (nSPS) is 34.7. The molecule has 0 aromatic heterocycles. The Hall–Kier alpha value is -2.81. The molecule has 0 bridgehead atoms. The number of hydrogen-bond donors (Lipinski definition) is 0. The maximum atomic E-state index is 14.7. The van der Waals surface area contributed by atoms with Gasteiger partial charge in [0.2, 0.25) is 0 Å². The van der Waals surface area contributed by atoms with Gasteiger partial charge in [-0.05, 0) is 255 Å². The summed E-state index contributed by atoms with van der Waals surface area (Å²) in [5, 5.41) is 0. The third-order valence-electron chi connectivity index (χ3n) is 28.6.